The van der Waals surface area contributed by atoms with E-state index < -0.39 is 0 Å². The maximum absolute atomic E-state index is 6.23. The van der Waals surface area contributed by atoms with Gasteiger partial charge in [-0.1, -0.05) is 12.8 Å². The zero-order valence-corrected chi connectivity index (χ0v) is 12.0. The molecule has 2 fully saturated rings. The maximum Gasteiger partial charge on any atom is 0.137 e. The van der Waals surface area contributed by atoms with E-state index >= 15 is 0 Å². The van der Waals surface area contributed by atoms with Crippen molar-refractivity contribution < 1.29 is 9.47 Å². The first-order chi connectivity index (χ1) is 9.80. The Bertz CT molecular complexity index is 427. The molecule has 20 heavy (non-hydrogen) atoms. The van der Waals surface area contributed by atoms with Crippen molar-refractivity contribution in [1.82, 2.24) is 4.98 Å². The van der Waals surface area contributed by atoms with E-state index in [4.69, 9.17) is 15.2 Å². The lowest BCUT2D eigenvalue weighted by Gasteiger charge is -2.23. The van der Waals surface area contributed by atoms with Gasteiger partial charge in [-0.25, -0.2) is 0 Å². The van der Waals surface area contributed by atoms with Gasteiger partial charge in [0.2, 0.25) is 0 Å². The number of hydrogen-bond acceptors (Lipinski definition) is 4. The van der Waals surface area contributed by atoms with Crippen molar-refractivity contribution in [2.45, 2.75) is 56.7 Å². The van der Waals surface area contributed by atoms with Crippen molar-refractivity contribution in [3.8, 4) is 5.75 Å². The maximum atomic E-state index is 6.23. The third-order valence-electron chi connectivity index (χ3n) is 4.49. The quantitative estimate of drug-likeness (QED) is 0.897. The highest BCUT2D eigenvalue weighted by Gasteiger charge is 2.42. The Balaban J connectivity index is 1.47. The number of nitrogens with zero attached hydrogens (tertiary/aromatic N) is 1. The van der Waals surface area contributed by atoms with Crippen LogP contribution in [-0.2, 0) is 11.2 Å². The molecule has 1 aromatic rings. The molecule has 110 valence electrons. The lowest BCUT2D eigenvalue weighted by Crippen LogP contribution is -2.27. The van der Waals surface area contributed by atoms with Crippen molar-refractivity contribution in [2.24, 2.45) is 5.73 Å². The largest absolute Gasteiger partial charge is 0.489 e. The van der Waals surface area contributed by atoms with Crippen LogP contribution in [0.15, 0.2) is 18.3 Å². The Morgan fingerprint density at radius 2 is 2.15 bits per heavy atom. The number of pyridine rings is 1. The summed E-state index contributed by atoms with van der Waals surface area (Å²) in [5.74, 6) is 0.821. The number of nitrogens with two attached hydrogens (primary N) is 1. The molecule has 2 N–H and O–H groups in total. The summed E-state index contributed by atoms with van der Waals surface area (Å²) in [6.07, 6.45) is 10.3. The molecule has 2 heterocycles. The summed E-state index contributed by atoms with van der Waals surface area (Å²) >= 11 is 0. The molecule has 3 rings (SSSR count). The van der Waals surface area contributed by atoms with E-state index in [-0.39, 0.29) is 11.7 Å². The van der Waals surface area contributed by atoms with Gasteiger partial charge >= 0.3 is 0 Å². The molecule has 4 heteroatoms. The van der Waals surface area contributed by atoms with Crippen LogP contribution in [0.25, 0.3) is 0 Å². The molecule has 0 radical (unpaired) electrons. The molecule has 1 saturated heterocycles. The molecule has 1 aliphatic carbocycles. The van der Waals surface area contributed by atoms with Gasteiger partial charge in [0.25, 0.3) is 0 Å². The molecule has 1 unspecified atom stereocenters. The van der Waals surface area contributed by atoms with E-state index in [0.29, 0.717) is 13.2 Å². The minimum atomic E-state index is 0.192. The smallest absolute Gasteiger partial charge is 0.137 e. The molecule has 1 atom stereocenters. The first kappa shape index (κ1) is 13.8. The summed E-state index contributed by atoms with van der Waals surface area (Å²) in [5, 5.41) is 0. The molecule has 2 aliphatic rings. The van der Waals surface area contributed by atoms with Crippen LogP contribution in [0.1, 0.15) is 44.2 Å². The standard InChI is InChI=1S/C16H24N2O2/c17-10-6-13-3-4-14(11-18-13)19-12-15-5-9-16(20-15)7-1-2-8-16/h3-4,11,15H,1-2,5-10,12,17H2. The van der Waals surface area contributed by atoms with Crippen LogP contribution >= 0.6 is 0 Å². The van der Waals surface area contributed by atoms with Crippen molar-refractivity contribution in [3.63, 3.8) is 0 Å². The lowest BCUT2D eigenvalue weighted by atomic mass is 9.98. The van der Waals surface area contributed by atoms with Gasteiger partial charge in [-0.3, -0.25) is 4.98 Å². The average Bonchev–Trinajstić information content (AvgIpc) is 3.09. The van der Waals surface area contributed by atoms with Gasteiger partial charge in [-0.2, -0.15) is 0 Å². The number of hydrogen-bond donors (Lipinski definition) is 1. The molecular weight excluding hydrogens is 252 g/mol. The van der Waals surface area contributed by atoms with E-state index in [0.717, 1.165) is 24.3 Å². The van der Waals surface area contributed by atoms with Gasteiger partial charge in [0.15, 0.2) is 0 Å². The predicted octanol–water partition coefficient (Wildman–Crippen LogP) is 2.45. The molecule has 4 nitrogen and oxygen atoms in total. The van der Waals surface area contributed by atoms with Crippen LogP contribution in [0.5, 0.6) is 5.75 Å². The van der Waals surface area contributed by atoms with Gasteiger partial charge < -0.3 is 15.2 Å². The van der Waals surface area contributed by atoms with Crippen LogP contribution in [0.2, 0.25) is 0 Å². The number of aromatic nitrogens is 1. The SMILES string of the molecule is NCCc1ccc(OCC2CCC3(CCCC3)O2)cn1. The van der Waals surface area contributed by atoms with E-state index in [9.17, 15) is 0 Å². The Kier molecular flexibility index (Phi) is 4.22. The van der Waals surface area contributed by atoms with E-state index in [2.05, 4.69) is 4.98 Å². The van der Waals surface area contributed by atoms with Crippen molar-refractivity contribution in [1.29, 1.82) is 0 Å². The summed E-state index contributed by atoms with van der Waals surface area (Å²) in [6.45, 7) is 1.27. The highest BCUT2D eigenvalue weighted by molar-refractivity contribution is 5.20. The summed E-state index contributed by atoms with van der Waals surface area (Å²) in [5.41, 5.74) is 6.72. The van der Waals surface area contributed by atoms with Crippen LogP contribution < -0.4 is 10.5 Å². The van der Waals surface area contributed by atoms with Crippen LogP contribution in [-0.4, -0.2) is 29.8 Å². The predicted molar refractivity (Wildman–Crippen MR) is 77.8 cm³/mol. The highest BCUT2D eigenvalue weighted by atomic mass is 16.6. The van der Waals surface area contributed by atoms with Crippen molar-refractivity contribution >= 4 is 0 Å². The Morgan fingerprint density at radius 1 is 1.30 bits per heavy atom. The molecule has 0 aromatic carbocycles. The van der Waals surface area contributed by atoms with Crippen LogP contribution in [0.3, 0.4) is 0 Å². The zero-order valence-electron chi connectivity index (χ0n) is 12.0. The fourth-order valence-electron chi connectivity index (χ4n) is 3.38. The minimum Gasteiger partial charge on any atom is -0.489 e. The Hall–Kier alpha value is -1.13. The third kappa shape index (κ3) is 3.13. The molecule has 0 bridgehead atoms. The first-order valence-corrected chi connectivity index (χ1v) is 7.75. The Morgan fingerprint density at radius 3 is 2.85 bits per heavy atom. The number of rotatable bonds is 5. The molecule has 1 aromatic heterocycles. The van der Waals surface area contributed by atoms with Gasteiger partial charge in [-0.15, -0.1) is 0 Å². The average molecular weight is 276 g/mol. The van der Waals surface area contributed by atoms with E-state index in [1.165, 1.54) is 32.1 Å². The second kappa shape index (κ2) is 6.10. The first-order valence-electron chi connectivity index (χ1n) is 7.75. The normalized spacial score (nSPS) is 24.4. The van der Waals surface area contributed by atoms with Gasteiger partial charge in [0.05, 0.1) is 17.9 Å². The summed E-state index contributed by atoms with van der Waals surface area (Å²) < 4.78 is 12.0. The zero-order chi connectivity index (χ0) is 13.8. The summed E-state index contributed by atoms with van der Waals surface area (Å²) in [6, 6.07) is 3.95. The highest BCUT2D eigenvalue weighted by Crippen LogP contribution is 2.43. The minimum absolute atomic E-state index is 0.192. The topological polar surface area (TPSA) is 57.4 Å². The fourth-order valence-corrected chi connectivity index (χ4v) is 3.38. The van der Waals surface area contributed by atoms with Crippen molar-refractivity contribution in [3.05, 3.63) is 24.0 Å². The monoisotopic (exact) mass is 276 g/mol. The summed E-state index contributed by atoms with van der Waals surface area (Å²) in [7, 11) is 0. The third-order valence-corrected chi connectivity index (χ3v) is 4.49. The molecular formula is C16H24N2O2. The number of ether oxygens (including phenoxy) is 2. The van der Waals surface area contributed by atoms with E-state index in [1.807, 2.05) is 12.1 Å². The molecule has 1 saturated carbocycles. The van der Waals surface area contributed by atoms with Gasteiger partial charge in [0.1, 0.15) is 12.4 Å². The van der Waals surface area contributed by atoms with Crippen LogP contribution in [0.4, 0.5) is 0 Å². The fraction of sp³-hybridized carbons (Fsp3) is 0.688. The molecule has 1 aliphatic heterocycles. The van der Waals surface area contributed by atoms with Crippen molar-refractivity contribution in [2.75, 3.05) is 13.2 Å². The second-order valence-electron chi connectivity index (χ2n) is 6.00. The lowest BCUT2D eigenvalue weighted by molar-refractivity contribution is -0.0509. The Labute approximate surface area is 120 Å². The molecule has 1 spiro atoms. The van der Waals surface area contributed by atoms with Gasteiger partial charge in [-0.05, 0) is 44.4 Å². The van der Waals surface area contributed by atoms with Gasteiger partial charge in [0, 0.05) is 12.1 Å². The van der Waals surface area contributed by atoms with Crippen LogP contribution in [0, 0.1) is 0 Å². The van der Waals surface area contributed by atoms with E-state index in [1.54, 1.807) is 6.20 Å². The molecule has 0 amide bonds. The summed E-state index contributed by atoms with van der Waals surface area (Å²) in [4.78, 5) is 4.34. The second-order valence-corrected chi connectivity index (χ2v) is 6.00.